The minimum atomic E-state index is 0.630. The average Bonchev–Trinajstić information content (AvgIpc) is 2.67. The zero-order chi connectivity index (χ0) is 17.5. The first-order chi connectivity index (χ1) is 12.3. The van der Waals surface area contributed by atoms with E-state index in [4.69, 9.17) is 10.5 Å². The SMILES string of the molecule is COc1ccccc1/C=C\C=C\c1cc[n+](CCN)c2ccccc12. The minimum absolute atomic E-state index is 0.630. The van der Waals surface area contributed by atoms with Crippen LogP contribution in [0.4, 0.5) is 0 Å². The molecule has 0 atom stereocenters. The molecule has 0 aliphatic carbocycles. The summed E-state index contributed by atoms with van der Waals surface area (Å²) in [6.45, 7) is 1.45. The number of methoxy groups -OCH3 is 1. The van der Waals surface area contributed by atoms with Gasteiger partial charge in [-0.05, 0) is 17.7 Å². The Morgan fingerprint density at radius 1 is 0.920 bits per heavy atom. The molecule has 1 aromatic heterocycles. The standard InChI is InChI=1S/C22H23N2O/c1-25-22-13-7-4-10-19(22)9-3-2-8-18-14-16-24(17-15-23)21-12-6-5-11-20(18)21/h2-14,16H,15,17,23H2,1H3/q+1/b8-2+,9-3-. The Kier molecular flexibility index (Phi) is 5.60. The molecule has 0 saturated carbocycles. The highest BCUT2D eigenvalue weighted by Crippen LogP contribution is 2.19. The van der Waals surface area contributed by atoms with Crippen molar-refractivity contribution in [3.8, 4) is 5.75 Å². The monoisotopic (exact) mass is 331 g/mol. The predicted octanol–water partition coefficient (Wildman–Crippen LogP) is 3.82. The van der Waals surface area contributed by atoms with Gasteiger partial charge in [0.25, 0.3) is 0 Å². The fourth-order valence-electron chi connectivity index (χ4n) is 2.91. The van der Waals surface area contributed by atoms with Crippen molar-refractivity contribution in [3.63, 3.8) is 0 Å². The molecule has 3 nitrogen and oxygen atoms in total. The van der Waals surface area contributed by atoms with Crippen LogP contribution in [0.3, 0.4) is 0 Å². The number of hydrogen-bond donors (Lipinski definition) is 1. The van der Waals surface area contributed by atoms with E-state index in [-0.39, 0.29) is 0 Å². The summed E-state index contributed by atoms with van der Waals surface area (Å²) in [4.78, 5) is 0. The minimum Gasteiger partial charge on any atom is -0.496 e. The van der Waals surface area contributed by atoms with E-state index in [1.807, 2.05) is 30.3 Å². The highest BCUT2D eigenvalue weighted by atomic mass is 16.5. The molecule has 0 aliphatic rings. The number of rotatable bonds is 6. The molecule has 0 bridgehead atoms. The number of ether oxygens (including phenoxy) is 1. The first-order valence-corrected chi connectivity index (χ1v) is 8.42. The number of para-hydroxylation sites is 2. The molecule has 2 N–H and O–H groups in total. The van der Waals surface area contributed by atoms with Crippen LogP contribution in [-0.2, 0) is 6.54 Å². The lowest BCUT2D eigenvalue weighted by atomic mass is 10.1. The smallest absolute Gasteiger partial charge is 0.213 e. The second-order valence-electron chi connectivity index (χ2n) is 5.73. The Balaban J connectivity index is 1.87. The van der Waals surface area contributed by atoms with Gasteiger partial charge in [0.05, 0.1) is 19.0 Å². The highest BCUT2D eigenvalue weighted by Gasteiger charge is 2.09. The summed E-state index contributed by atoms with van der Waals surface area (Å²) >= 11 is 0. The molecule has 0 saturated heterocycles. The molecule has 0 amide bonds. The molecule has 0 aliphatic heterocycles. The van der Waals surface area contributed by atoms with Crippen molar-refractivity contribution >= 4 is 23.1 Å². The average molecular weight is 331 g/mol. The molecule has 3 aromatic rings. The topological polar surface area (TPSA) is 39.1 Å². The van der Waals surface area contributed by atoms with E-state index in [2.05, 4.69) is 59.3 Å². The number of nitrogens with zero attached hydrogens (tertiary/aromatic N) is 1. The van der Waals surface area contributed by atoms with Crippen molar-refractivity contribution in [2.75, 3.05) is 13.7 Å². The zero-order valence-corrected chi connectivity index (χ0v) is 14.4. The van der Waals surface area contributed by atoms with Gasteiger partial charge in [0.1, 0.15) is 5.75 Å². The third-order valence-electron chi connectivity index (χ3n) is 4.13. The lowest BCUT2D eigenvalue weighted by Gasteiger charge is -2.03. The van der Waals surface area contributed by atoms with Crippen molar-refractivity contribution in [2.45, 2.75) is 6.54 Å². The van der Waals surface area contributed by atoms with Gasteiger partial charge < -0.3 is 10.5 Å². The van der Waals surface area contributed by atoms with Crippen LogP contribution in [0.15, 0.2) is 72.9 Å². The Hall–Kier alpha value is -2.91. The largest absolute Gasteiger partial charge is 0.496 e. The lowest BCUT2D eigenvalue weighted by Crippen LogP contribution is -2.37. The molecule has 1 heterocycles. The summed E-state index contributed by atoms with van der Waals surface area (Å²) in [7, 11) is 1.69. The van der Waals surface area contributed by atoms with Crippen LogP contribution < -0.4 is 15.0 Å². The highest BCUT2D eigenvalue weighted by molar-refractivity contribution is 5.85. The molecule has 2 aromatic carbocycles. The molecule has 3 heteroatoms. The second-order valence-corrected chi connectivity index (χ2v) is 5.73. The second kappa shape index (κ2) is 8.27. The van der Waals surface area contributed by atoms with Crippen molar-refractivity contribution in [1.82, 2.24) is 0 Å². The third kappa shape index (κ3) is 3.95. The molecular weight excluding hydrogens is 308 g/mol. The molecule has 0 fully saturated rings. The summed E-state index contributed by atoms with van der Waals surface area (Å²) in [6, 6.07) is 18.5. The van der Waals surface area contributed by atoms with Crippen molar-refractivity contribution in [2.24, 2.45) is 5.73 Å². The first-order valence-electron chi connectivity index (χ1n) is 8.42. The molecular formula is C22H23N2O+. The number of allylic oxidation sites excluding steroid dienone is 2. The van der Waals surface area contributed by atoms with Crippen LogP contribution >= 0.6 is 0 Å². The Morgan fingerprint density at radius 2 is 1.64 bits per heavy atom. The molecule has 0 unspecified atom stereocenters. The Labute approximate surface area is 148 Å². The number of benzene rings is 2. The van der Waals surface area contributed by atoms with E-state index in [1.54, 1.807) is 7.11 Å². The summed E-state index contributed by atoms with van der Waals surface area (Å²) in [5.41, 5.74) is 9.16. The summed E-state index contributed by atoms with van der Waals surface area (Å²) < 4.78 is 7.56. The molecule has 126 valence electrons. The van der Waals surface area contributed by atoms with E-state index in [9.17, 15) is 0 Å². The fraction of sp³-hybridized carbons (Fsp3) is 0.136. The maximum atomic E-state index is 5.71. The van der Waals surface area contributed by atoms with Crippen LogP contribution in [0.2, 0.25) is 0 Å². The molecule has 0 radical (unpaired) electrons. The van der Waals surface area contributed by atoms with E-state index in [0.29, 0.717) is 6.54 Å². The predicted molar refractivity (Wildman–Crippen MR) is 104 cm³/mol. The van der Waals surface area contributed by atoms with Gasteiger partial charge in [0.2, 0.25) is 5.52 Å². The van der Waals surface area contributed by atoms with Gasteiger partial charge in [-0.25, -0.2) is 0 Å². The number of fused-ring (bicyclic) bond motifs is 1. The van der Waals surface area contributed by atoms with Gasteiger partial charge in [-0.1, -0.05) is 54.6 Å². The number of hydrogen-bond acceptors (Lipinski definition) is 2. The van der Waals surface area contributed by atoms with Crippen molar-refractivity contribution < 1.29 is 9.30 Å². The summed E-state index contributed by atoms with van der Waals surface area (Å²) in [5, 5.41) is 1.22. The van der Waals surface area contributed by atoms with Gasteiger partial charge in [-0.2, -0.15) is 4.57 Å². The fourth-order valence-corrected chi connectivity index (χ4v) is 2.91. The van der Waals surface area contributed by atoms with E-state index in [1.165, 1.54) is 16.5 Å². The summed E-state index contributed by atoms with van der Waals surface area (Å²) in [6.07, 6.45) is 10.4. The van der Waals surface area contributed by atoms with Crippen LogP contribution in [0.25, 0.3) is 23.1 Å². The first kappa shape index (κ1) is 16.9. The van der Waals surface area contributed by atoms with E-state index >= 15 is 0 Å². The van der Waals surface area contributed by atoms with Crippen molar-refractivity contribution in [1.29, 1.82) is 0 Å². The van der Waals surface area contributed by atoms with Crippen LogP contribution in [0, 0.1) is 0 Å². The maximum absolute atomic E-state index is 5.71. The van der Waals surface area contributed by atoms with Crippen molar-refractivity contribution in [3.05, 3.63) is 84.1 Å². The number of aromatic nitrogens is 1. The van der Waals surface area contributed by atoms with Crippen LogP contribution in [0.5, 0.6) is 5.75 Å². The Bertz CT molecular complexity index is 913. The molecule has 0 spiro atoms. The van der Waals surface area contributed by atoms with Gasteiger partial charge >= 0.3 is 0 Å². The lowest BCUT2D eigenvalue weighted by molar-refractivity contribution is -0.668. The number of pyridine rings is 1. The molecule has 25 heavy (non-hydrogen) atoms. The molecule has 3 rings (SSSR count). The maximum Gasteiger partial charge on any atom is 0.213 e. The van der Waals surface area contributed by atoms with Gasteiger partial charge in [-0.15, -0.1) is 0 Å². The van der Waals surface area contributed by atoms with E-state index in [0.717, 1.165) is 17.9 Å². The third-order valence-corrected chi connectivity index (χ3v) is 4.13. The van der Waals surface area contributed by atoms with E-state index < -0.39 is 0 Å². The van der Waals surface area contributed by atoms with Crippen LogP contribution in [-0.4, -0.2) is 13.7 Å². The summed E-state index contributed by atoms with van der Waals surface area (Å²) in [5.74, 6) is 0.875. The Morgan fingerprint density at radius 3 is 2.44 bits per heavy atom. The van der Waals surface area contributed by atoms with Gasteiger partial charge in [-0.3, -0.25) is 0 Å². The quantitative estimate of drug-likeness (QED) is 0.551. The zero-order valence-electron chi connectivity index (χ0n) is 14.4. The van der Waals surface area contributed by atoms with Gasteiger partial charge in [0, 0.05) is 17.7 Å². The van der Waals surface area contributed by atoms with Crippen LogP contribution in [0.1, 0.15) is 11.1 Å². The number of nitrogens with two attached hydrogens (primary N) is 1. The normalized spacial score (nSPS) is 11.6. The van der Waals surface area contributed by atoms with Gasteiger partial charge in [0.15, 0.2) is 12.7 Å².